The number of ether oxygens (including phenoxy) is 2. The first-order valence-corrected chi connectivity index (χ1v) is 6.59. The topological polar surface area (TPSA) is 44.5 Å². The molecule has 2 rings (SSSR count). The summed E-state index contributed by atoms with van der Waals surface area (Å²) in [5.41, 5.74) is 6.32. The molecule has 0 spiro atoms. The molecule has 0 aliphatic carbocycles. The lowest BCUT2D eigenvalue weighted by molar-refractivity contribution is -0.122. The first-order valence-electron chi connectivity index (χ1n) is 6.59. The van der Waals surface area contributed by atoms with Crippen LogP contribution in [0.5, 0.6) is 5.75 Å². The summed E-state index contributed by atoms with van der Waals surface area (Å²) in [5.74, 6) is 0.473. The van der Waals surface area contributed by atoms with Crippen LogP contribution in [0, 0.1) is 11.2 Å². The highest BCUT2D eigenvalue weighted by molar-refractivity contribution is 5.43. The predicted molar refractivity (Wildman–Crippen MR) is 72.9 cm³/mol. The molecule has 0 unspecified atom stereocenters. The van der Waals surface area contributed by atoms with Gasteiger partial charge in [0.25, 0.3) is 0 Å². The van der Waals surface area contributed by atoms with Crippen molar-refractivity contribution in [3.8, 4) is 5.75 Å². The van der Waals surface area contributed by atoms with Crippen molar-refractivity contribution in [1.82, 2.24) is 0 Å². The van der Waals surface area contributed by atoms with E-state index in [9.17, 15) is 4.39 Å². The standard InChI is InChI=1S/C15H22FNO2/c1-14(2,6-7-17)15(9-19-10-15)12-8-11(16)4-5-13(12)18-3/h4-5,8H,6-7,9-10,17H2,1-3H3. The number of benzene rings is 1. The van der Waals surface area contributed by atoms with Gasteiger partial charge in [-0.3, -0.25) is 0 Å². The smallest absolute Gasteiger partial charge is 0.123 e. The van der Waals surface area contributed by atoms with Gasteiger partial charge in [-0.05, 0) is 36.6 Å². The molecule has 2 N–H and O–H groups in total. The average molecular weight is 267 g/mol. The van der Waals surface area contributed by atoms with E-state index >= 15 is 0 Å². The molecule has 1 fully saturated rings. The second-order valence-corrected chi connectivity index (χ2v) is 5.84. The third kappa shape index (κ3) is 2.23. The fourth-order valence-corrected chi connectivity index (χ4v) is 2.87. The number of hydrogen-bond acceptors (Lipinski definition) is 3. The number of nitrogens with two attached hydrogens (primary N) is 1. The molecule has 1 aliphatic heterocycles. The van der Waals surface area contributed by atoms with Crippen LogP contribution in [0.25, 0.3) is 0 Å². The highest BCUT2D eigenvalue weighted by Gasteiger charge is 2.53. The van der Waals surface area contributed by atoms with Crippen LogP contribution >= 0.6 is 0 Å². The second kappa shape index (κ2) is 5.10. The van der Waals surface area contributed by atoms with Crippen molar-refractivity contribution in [2.45, 2.75) is 25.7 Å². The minimum absolute atomic E-state index is 0.0684. The van der Waals surface area contributed by atoms with E-state index in [0.717, 1.165) is 17.7 Å². The maximum absolute atomic E-state index is 13.6. The lowest BCUT2D eigenvalue weighted by Crippen LogP contribution is -2.57. The van der Waals surface area contributed by atoms with E-state index in [1.54, 1.807) is 19.2 Å². The summed E-state index contributed by atoms with van der Waals surface area (Å²) < 4.78 is 24.5. The molecule has 0 saturated carbocycles. The van der Waals surface area contributed by atoms with Gasteiger partial charge in [-0.2, -0.15) is 0 Å². The van der Waals surface area contributed by atoms with Crippen LogP contribution < -0.4 is 10.5 Å². The Kier molecular flexibility index (Phi) is 3.83. The van der Waals surface area contributed by atoms with E-state index in [1.165, 1.54) is 6.07 Å². The molecule has 1 aliphatic rings. The van der Waals surface area contributed by atoms with Gasteiger partial charge in [0.15, 0.2) is 0 Å². The quantitative estimate of drug-likeness (QED) is 0.891. The molecule has 0 atom stereocenters. The Morgan fingerprint density at radius 3 is 2.58 bits per heavy atom. The van der Waals surface area contributed by atoms with Crippen LogP contribution in [0.4, 0.5) is 4.39 Å². The van der Waals surface area contributed by atoms with E-state index in [0.29, 0.717) is 19.8 Å². The van der Waals surface area contributed by atoms with Crippen LogP contribution in [0.2, 0.25) is 0 Å². The summed E-state index contributed by atoms with van der Waals surface area (Å²) in [6, 6.07) is 4.67. The molecule has 106 valence electrons. The molecule has 0 bridgehead atoms. The Bertz CT molecular complexity index is 455. The van der Waals surface area contributed by atoms with E-state index in [1.807, 2.05) is 0 Å². The Balaban J connectivity index is 2.50. The highest BCUT2D eigenvalue weighted by atomic mass is 19.1. The summed E-state index contributed by atoms with van der Waals surface area (Å²) in [5, 5.41) is 0. The van der Waals surface area contributed by atoms with E-state index in [2.05, 4.69) is 13.8 Å². The van der Waals surface area contributed by atoms with E-state index in [4.69, 9.17) is 15.2 Å². The Morgan fingerprint density at radius 1 is 1.42 bits per heavy atom. The zero-order valence-electron chi connectivity index (χ0n) is 11.8. The minimum atomic E-state index is -0.245. The van der Waals surface area contributed by atoms with Gasteiger partial charge in [0.05, 0.1) is 25.7 Å². The van der Waals surface area contributed by atoms with Gasteiger partial charge in [0.1, 0.15) is 11.6 Å². The fraction of sp³-hybridized carbons (Fsp3) is 0.600. The van der Waals surface area contributed by atoms with Gasteiger partial charge in [-0.25, -0.2) is 4.39 Å². The van der Waals surface area contributed by atoms with Crippen molar-refractivity contribution in [2.24, 2.45) is 11.1 Å². The molecular formula is C15H22FNO2. The predicted octanol–water partition coefficient (Wildman–Crippen LogP) is 2.48. The SMILES string of the molecule is COc1ccc(F)cc1C1(C(C)(C)CCN)COC1. The second-order valence-electron chi connectivity index (χ2n) is 5.84. The zero-order valence-corrected chi connectivity index (χ0v) is 11.8. The lowest BCUT2D eigenvalue weighted by atomic mass is 9.58. The third-order valence-corrected chi connectivity index (χ3v) is 4.44. The summed E-state index contributed by atoms with van der Waals surface area (Å²) in [7, 11) is 1.61. The third-order valence-electron chi connectivity index (χ3n) is 4.44. The van der Waals surface area contributed by atoms with Crippen LogP contribution in [0.15, 0.2) is 18.2 Å². The monoisotopic (exact) mass is 267 g/mol. The van der Waals surface area contributed by atoms with E-state index < -0.39 is 0 Å². The van der Waals surface area contributed by atoms with Gasteiger partial charge in [-0.15, -0.1) is 0 Å². The lowest BCUT2D eigenvalue weighted by Gasteiger charge is -2.53. The Hall–Kier alpha value is -1.13. The minimum Gasteiger partial charge on any atom is -0.496 e. The molecule has 19 heavy (non-hydrogen) atoms. The molecule has 0 radical (unpaired) electrons. The average Bonchev–Trinajstić information content (AvgIpc) is 2.27. The van der Waals surface area contributed by atoms with Crippen molar-refractivity contribution in [3.63, 3.8) is 0 Å². The summed E-state index contributed by atoms with van der Waals surface area (Å²) in [6.45, 7) is 6.09. The first kappa shape index (κ1) is 14.3. The van der Waals surface area contributed by atoms with Gasteiger partial charge in [-0.1, -0.05) is 13.8 Å². The van der Waals surface area contributed by atoms with Crippen molar-refractivity contribution in [1.29, 1.82) is 0 Å². The number of halogens is 1. The van der Waals surface area contributed by atoms with Crippen molar-refractivity contribution >= 4 is 0 Å². The Labute approximate surface area is 113 Å². The molecule has 3 nitrogen and oxygen atoms in total. The van der Waals surface area contributed by atoms with Crippen molar-refractivity contribution < 1.29 is 13.9 Å². The van der Waals surface area contributed by atoms with E-state index in [-0.39, 0.29) is 16.6 Å². The van der Waals surface area contributed by atoms with Crippen molar-refractivity contribution in [3.05, 3.63) is 29.6 Å². The normalized spacial score (nSPS) is 17.9. The molecule has 0 aromatic heterocycles. The van der Waals surface area contributed by atoms with Gasteiger partial charge in [0.2, 0.25) is 0 Å². The van der Waals surface area contributed by atoms with Crippen LogP contribution in [-0.4, -0.2) is 26.9 Å². The van der Waals surface area contributed by atoms with Crippen LogP contribution in [0.3, 0.4) is 0 Å². The summed E-state index contributed by atoms with van der Waals surface area (Å²) >= 11 is 0. The van der Waals surface area contributed by atoms with Gasteiger partial charge in [0, 0.05) is 5.56 Å². The molecule has 1 saturated heterocycles. The zero-order chi connectivity index (χ0) is 14.1. The molecular weight excluding hydrogens is 245 g/mol. The van der Waals surface area contributed by atoms with Gasteiger partial charge < -0.3 is 15.2 Å². The molecule has 1 aromatic carbocycles. The molecule has 1 heterocycles. The molecule has 4 heteroatoms. The maximum Gasteiger partial charge on any atom is 0.123 e. The Morgan fingerprint density at radius 2 is 2.11 bits per heavy atom. The first-order chi connectivity index (χ1) is 8.97. The van der Waals surface area contributed by atoms with Crippen LogP contribution in [0.1, 0.15) is 25.8 Å². The largest absolute Gasteiger partial charge is 0.496 e. The number of rotatable bonds is 5. The molecule has 1 aromatic rings. The molecule has 0 amide bonds. The van der Waals surface area contributed by atoms with Crippen LogP contribution in [-0.2, 0) is 10.2 Å². The summed E-state index contributed by atoms with van der Waals surface area (Å²) in [4.78, 5) is 0. The maximum atomic E-state index is 13.6. The fourth-order valence-electron chi connectivity index (χ4n) is 2.87. The van der Waals surface area contributed by atoms with Crippen molar-refractivity contribution in [2.75, 3.05) is 26.9 Å². The summed E-state index contributed by atoms with van der Waals surface area (Å²) in [6.07, 6.45) is 0.857. The number of hydrogen-bond donors (Lipinski definition) is 1. The number of methoxy groups -OCH3 is 1. The highest BCUT2D eigenvalue weighted by Crippen LogP contribution is 2.51. The van der Waals surface area contributed by atoms with Gasteiger partial charge >= 0.3 is 0 Å².